The molecule has 0 aliphatic carbocycles. The normalized spacial score (nSPS) is 19.7. The van der Waals surface area contributed by atoms with Gasteiger partial charge in [0, 0.05) is 19.1 Å². The molecule has 1 atom stereocenters. The van der Waals surface area contributed by atoms with E-state index in [1.54, 1.807) is 7.11 Å². The molecule has 1 aliphatic heterocycles. The Balaban J connectivity index is 2.36. The molecule has 14 heavy (non-hydrogen) atoms. The third kappa shape index (κ3) is 1.80. The maximum absolute atomic E-state index is 5.70. The molecule has 2 nitrogen and oxygen atoms in total. The van der Waals surface area contributed by atoms with Gasteiger partial charge in [0.15, 0.2) is 0 Å². The Bertz CT molecular complexity index is 355. The van der Waals surface area contributed by atoms with Gasteiger partial charge in [-0.05, 0) is 18.6 Å². The van der Waals surface area contributed by atoms with Crippen LogP contribution in [-0.4, -0.2) is 13.4 Å². The second kappa shape index (κ2) is 3.84. The van der Waals surface area contributed by atoms with E-state index in [0.717, 1.165) is 17.7 Å². The predicted octanol–water partition coefficient (Wildman–Crippen LogP) is 2.76. The summed E-state index contributed by atoms with van der Waals surface area (Å²) in [5.41, 5.74) is 2.32. The van der Waals surface area contributed by atoms with E-state index in [1.807, 2.05) is 6.07 Å². The minimum atomic E-state index is -0.158. The highest BCUT2D eigenvalue weighted by molar-refractivity contribution is 5.58. The second-order valence-corrected chi connectivity index (χ2v) is 3.46. The Labute approximate surface area is 84.2 Å². The summed E-state index contributed by atoms with van der Waals surface area (Å²) in [4.78, 5) is 0. The zero-order chi connectivity index (χ0) is 9.97. The van der Waals surface area contributed by atoms with E-state index in [0.29, 0.717) is 0 Å². The minimum absolute atomic E-state index is 0.158. The Morgan fingerprint density at radius 2 is 2.29 bits per heavy atom. The van der Waals surface area contributed by atoms with Gasteiger partial charge in [0.05, 0.1) is 0 Å². The van der Waals surface area contributed by atoms with Crippen LogP contribution in [0.25, 0.3) is 6.08 Å². The van der Waals surface area contributed by atoms with Crippen molar-refractivity contribution < 1.29 is 9.47 Å². The molecule has 1 aromatic rings. The molecule has 1 unspecified atom stereocenters. The molecule has 0 N–H and O–H groups in total. The average molecular weight is 190 g/mol. The van der Waals surface area contributed by atoms with Crippen LogP contribution in [-0.2, 0) is 4.74 Å². The zero-order valence-corrected chi connectivity index (χ0v) is 8.49. The number of benzene rings is 1. The van der Waals surface area contributed by atoms with Crippen LogP contribution in [0, 0.1) is 6.92 Å². The summed E-state index contributed by atoms with van der Waals surface area (Å²) in [5.74, 6) is 0.908. The van der Waals surface area contributed by atoms with Crippen molar-refractivity contribution in [2.45, 2.75) is 19.6 Å². The number of ether oxygens (including phenoxy) is 2. The summed E-state index contributed by atoms with van der Waals surface area (Å²) < 4.78 is 10.9. The minimum Gasteiger partial charge on any atom is -0.464 e. The van der Waals surface area contributed by atoms with E-state index >= 15 is 0 Å². The van der Waals surface area contributed by atoms with Crippen molar-refractivity contribution in [1.82, 2.24) is 0 Å². The van der Waals surface area contributed by atoms with Gasteiger partial charge in [-0.15, -0.1) is 0 Å². The second-order valence-electron chi connectivity index (χ2n) is 3.46. The highest BCUT2D eigenvalue weighted by Gasteiger charge is 2.12. The first-order valence-electron chi connectivity index (χ1n) is 4.76. The van der Waals surface area contributed by atoms with E-state index in [-0.39, 0.29) is 6.29 Å². The lowest BCUT2D eigenvalue weighted by Gasteiger charge is -2.15. The van der Waals surface area contributed by atoms with Crippen molar-refractivity contribution in [3.05, 3.63) is 35.4 Å². The smallest absolute Gasteiger partial charge is 0.203 e. The van der Waals surface area contributed by atoms with Crippen LogP contribution in [0.1, 0.15) is 17.5 Å². The lowest BCUT2D eigenvalue weighted by Crippen LogP contribution is -2.17. The summed E-state index contributed by atoms with van der Waals surface area (Å²) >= 11 is 0. The zero-order valence-electron chi connectivity index (χ0n) is 8.49. The molecule has 0 radical (unpaired) electrons. The first kappa shape index (κ1) is 9.28. The average Bonchev–Trinajstić information content (AvgIpc) is 2.38. The van der Waals surface area contributed by atoms with Crippen molar-refractivity contribution in [1.29, 1.82) is 0 Å². The SMILES string of the molecule is COC1CC=Cc2ccc(C)cc2O1. The fourth-order valence-corrected chi connectivity index (χ4v) is 1.52. The molecule has 0 fully saturated rings. The van der Waals surface area contributed by atoms with Crippen LogP contribution in [0.2, 0.25) is 0 Å². The largest absolute Gasteiger partial charge is 0.464 e. The third-order valence-electron chi connectivity index (χ3n) is 2.32. The fourth-order valence-electron chi connectivity index (χ4n) is 1.52. The molecule has 0 aromatic heterocycles. The van der Waals surface area contributed by atoms with E-state index < -0.39 is 0 Å². The van der Waals surface area contributed by atoms with Crippen LogP contribution in [0.5, 0.6) is 5.75 Å². The van der Waals surface area contributed by atoms with Crippen molar-refractivity contribution in [2.75, 3.05) is 7.11 Å². The third-order valence-corrected chi connectivity index (χ3v) is 2.32. The molecule has 74 valence electrons. The van der Waals surface area contributed by atoms with Gasteiger partial charge < -0.3 is 9.47 Å². The number of hydrogen-bond acceptors (Lipinski definition) is 2. The molecule has 2 heteroatoms. The van der Waals surface area contributed by atoms with Crippen molar-refractivity contribution in [2.24, 2.45) is 0 Å². The Morgan fingerprint density at radius 3 is 3.07 bits per heavy atom. The predicted molar refractivity (Wildman–Crippen MR) is 56.3 cm³/mol. The van der Waals surface area contributed by atoms with Crippen LogP contribution in [0.15, 0.2) is 24.3 Å². The quantitative estimate of drug-likeness (QED) is 0.678. The number of hydrogen-bond donors (Lipinski definition) is 0. The number of fused-ring (bicyclic) bond motifs is 1. The lowest BCUT2D eigenvalue weighted by molar-refractivity contribution is -0.0493. The highest BCUT2D eigenvalue weighted by Crippen LogP contribution is 2.26. The van der Waals surface area contributed by atoms with Gasteiger partial charge in [-0.1, -0.05) is 24.3 Å². The topological polar surface area (TPSA) is 18.5 Å². The lowest BCUT2D eigenvalue weighted by atomic mass is 10.1. The molecule has 0 spiro atoms. The number of rotatable bonds is 1. The van der Waals surface area contributed by atoms with Crippen LogP contribution in [0.4, 0.5) is 0 Å². The maximum atomic E-state index is 5.70. The van der Waals surface area contributed by atoms with Crippen molar-refractivity contribution in [3.63, 3.8) is 0 Å². The molecule has 2 rings (SSSR count). The van der Waals surface area contributed by atoms with Gasteiger partial charge in [-0.2, -0.15) is 0 Å². The van der Waals surface area contributed by atoms with E-state index in [1.165, 1.54) is 5.56 Å². The van der Waals surface area contributed by atoms with E-state index in [2.05, 4.69) is 31.2 Å². The Hall–Kier alpha value is -1.28. The van der Waals surface area contributed by atoms with Crippen LogP contribution in [0.3, 0.4) is 0 Å². The molecular formula is C12H14O2. The summed E-state index contributed by atoms with van der Waals surface area (Å²) in [6.45, 7) is 2.06. The van der Waals surface area contributed by atoms with Crippen molar-refractivity contribution in [3.8, 4) is 5.75 Å². The van der Waals surface area contributed by atoms with E-state index in [9.17, 15) is 0 Å². The molecule has 0 bridgehead atoms. The van der Waals surface area contributed by atoms with Gasteiger partial charge in [-0.3, -0.25) is 0 Å². The summed E-state index contributed by atoms with van der Waals surface area (Å²) in [5, 5.41) is 0. The standard InChI is InChI=1S/C12H14O2/c1-9-6-7-10-4-3-5-12(13-2)14-11(10)8-9/h3-4,6-8,12H,5H2,1-2H3. The molecule has 0 saturated heterocycles. The molecule has 1 aliphatic rings. The van der Waals surface area contributed by atoms with Gasteiger partial charge in [0.1, 0.15) is 5.75 Å². The number of methoxy groups -OCH3 is 1. The van der Waals surface area contributed by atoms with Gasteiger partial charge >= 0.3 is 0 Å². The van der Waals surface area contributed by atoms with E-state index in [4.69, 9.17) is 9.47 Å². The van der Waals surface area contributed by atoms with Crippen LogP contribution < -0.4 is 4.74 Å². The molecule has 1 aromatic carbocycles. The van der Waals surface area contributed by atoms with Gasteiger partial charge in [0.25, 0.3) is 0 Å². The van der Waals surface area contributed by atoms with Gasteiger partial charge in [-0.25, -0.2) is 0 Å². The number of aryl methyl sites for hydroxylation is 1. The maximum Gasteiger partial charge on any atom is 0.203 e. The first-order chi connectivity index (χ1) is 6.79. The summed E-state index contributed by atoms with van der Waals surface area (Å²) in [7, 11) is 1.67. The highest BCUT2D eigenvalue weighted by atomic mass is 16.7. The Morgan fingerprint density at radius 1 is 1.43 bits per heavy atom. The summed E-state index contributed by atoms with van der Waals surface area (Å²) in [6.07, 6.45) is 4.79. The van der Waals surface area contributed by atoms with Gasteiger partial charge in [0.2, 0.25) is 6.29 Å². The fraction of sp³-hybridized carbons (Fsp3) is 0.333. The van der Waals surface area contributed by atoms with Crippen molar-refractivity contribution >= 4 is 6.08 Å². The Kier molecular flexibility index (Phi) is 2.55. The monoisotopic (exact) mass is 190 g/mol. The first-order valence-corrected chi connectivity index (χ1v) is 4.76. The van der Waals surface area contributed by atoms with Crippen LogP contribution >= 0.6 is 0 Å². The molecule has 1 heterocycles. The summed E-state index contributed by atoms with van der Waals surface area (Å²) in [6, 6.07) is 6.19. The molecular weight excluding hydrogens is 176 g/mol. The molecule has 0 amide bonds. The molecule has 0 saturated carbocycles.